The lowest BCUT2D eigenvalue weighted by atomic mass is 9.98. The molecule has 4 atom stereocenters. The van der Waals surface area contributed by atoms with Gasteiger partial charge < -0.3 is 20.5 Å². The molecule has 0 aromatic heterocycles. The van der Waals surface area contributed by atoms with Gasteiger partial charge in [0.2, 0.25) is 5.91 Å². The first-order chi connectivity index (χ1) is 16.8. The smallest absolute Gasteiger partial charge is 0.407 e. The normalized spacial score (nSPS) is 24.8. The predicted molar refractivity (Wildman–Crippen MR) is 131 cm³/mol. The van der Waals surface area contributed by atoms with Gasteiger partial charge in [-0.25, -0.2) is 9.59 Å². The first kappa shape index (κ1) is 23.4. The van der Waals surface area contributed by atoms with E-state index in [1.54, 1.807) is 0 Å². The van der Waals surface area contributed by atoms with Crippen LogP contribution < -0.4 is 10.6 Å². The maximum Gasteiger partial charge on any atom is 0.407 e. The van der Waals surface area contributed by atoms with Gasteiger partial charge in [-0.3, -0.25) is 4.79 Å². The van der Waals surface area contributed by atoms with Crippen LogP contribution in [-0.4, -0.2) is 41.8 Å². The molecule has 2 saturated carbocycles. The Labute approximate surface area is 205 Å². The van der Waals surface area contributed by atoms with Crippen molar-refractivity contribution >= 4 is 18.0 Å². The summed E-state index contributed by atoms with van der Waals surface area (Å²) in [6, 6.07) is 15.4. The number of carbonyl (C=O) groups excluding carboxylic acids is 2. The van der Waals surface area contributed by atoms with Crippen molar-refractivity contribution in [3.8, 4) is 11.1 Å². The van der Waals surface area contributed by atoms with Crippen molar-refractivity contribution in [3.05, 3.63) is 59.7 Å². The van der Waals surface area contributed by atoms with Crippen LogP contribution in [-0.2, 0) is 14.3 Å². The number of fused-ring (bicyclic) bond motifs is 4. The van der Waals surface area contributed by atoms with E-state index in [-0.39, 0.29) is 36.3 Å². The molecule has 3 aliphatic rings. The van der Waals surface area contributed by atoms with Gasteiger partial charge in [-0.15, -0.1) is 0 Å². The third kappa shape index (κ3) is 4.40. The Hall–Kier alpha value is -3.35. The molecule has 2 aromatic carbocycles. The Morgan fingerprint density at radius 3 is 2.26 bits per heavy atom. The highest BCUT2D eigenvalue weighted by atomic mass is 16.5. The van der Waals surface area contributed by atoms with E-state index in [1.807, 2.05) is 38.1 Å². The van der Waals surface area contributed by atoms with Crippen LogP contribution in [0, 0.1) is 17.3 Å². The molecular formula is C28H32N2O5. The number of carboxylic acid groups (broad SMARTS) is 1. The third-order valence-electron chi connectivity index (χ3n) is 7.84. The summed E-state index contributed by atoms with van der Waals surface area (Å²) in [5.41, 5.74) is 4.12. The van der Waals surface area contributed by atoms with Crippen LogP contribution in [0.1, 0.15) is 56.6 Å². The molecule has 2 aromatic rings. The number of nitrogens with one attached hydrogen (secondary N) is 2. The molecule has 5 rings (SSSR count). The molecule has 0 radical (unpaired) electrons. The number of hydrogen-bond acceptors (Lipinski definition) is 4. The van der Waals surface area contributed by atoms with Gasteiger partial charge in [-0.05, 0) is 59.8 Å². The second-order valence-electron chi connectivity index (χ2n) is 10.7. The van der Waals surface area contributed by atoms with Crippen LogP contribution in [0.25, 0.3) is 11.1 Å². The lowest BCUT2D eigenvalue weighted by Crippen LogP contribution is -2.46. The van der Waals surface area contributed by atoms with Gasteiger partial charge in [0.1, 0.15) is 12.6 Å². The van der Waals surface area contributed by atoms with Gasteiger partial charge in [0.05, 0.1) is 5.41 Å². The fourth-order valence-corrected chi connectivity index (χ4v) is 6.09. The zero-order valence-corrected chi connectivity index (χ0v) is 20.1. The average molecular weight is 477 g/mol. The highest BCUT2D eigenvalue weighted by Gasteiger charge is 2.65. The lowest BCUT2D eigenvalue weighted by molar-refractivity contribution is -0.143. The molecule has 0 saturated heterocycles. The number of rotatable bonds is 8. The summed E-state index contributed by atoms with van der Waals surface area (Å²) in [6.45, 7) is 4.12. The van der Waals surface area contributed by atoms with E-state index in [0.717, 1.165) is 17.5 Å². The monoisotopic (exact) mass is 476 g/mol. The van der Waals surface area contributed by atoms with Crippen molar-refractivity contribution in [1.29, 1.82) is 0 Å². The molecule has 7 nitrogen and oxygen atoms in total. The molecule has 0 heterocycles. The molecule has 2 amide bonds. The maximum absolute atomic E-state index is 13.0. The standard InChI is InChI=1S/C28H32N2O5/c1-16(2)11-24(25(31)32)30-26(33)28-13-17(28)12-18(14-28)29-27(34)35-15-23-21-9-5-3-7-19(21)20-8-4-6-10-22(20)23/h3-10,16-18,23-24H,11-15H2,1-2H3,(H,29,34)(H,30,33)(H,31,32)/t17-,18+,24-,28+/m0/s1. The van der Waals surface area contributed by atoms with Crippen LogP contribution in [0.5, 0.6) is 0 Å². The van der Waals surface area contributed by atoms with E-state index >= 15 is 0 Å². The molecule has 3 N–H and O–H groups in total. The number of carbonyl (C=O) groups is 3. The Morgan fingerprint density at radius 1 is 1.03 bits per heavy atom. The zero-order chi connectivity index (χ0) is 24.7. The Kier molecular flexibility index (Phi) is 6.03. The van der Waals surface area contributed by atoms with Gasteiger partial charge in [0.25, 0.3) is 0 Å². The van der Waals surface area contributed by atoms with Crippen molar-refractivity contribution in [3.63, 3.8) is 0 Å². The largest absolute Gasteiger partial charge is 0.480 e. The second-order valence-corrected chi connectivity index (χ2v) is 10.7. The summed E-state index contributed by atoms with van der Waals surface area (Å²) in [6.07, 6.45) is 1.89. The summed E-state index contributed by atoms with van der Waals surface area (Å²) >= 11 is 0. The van der Waals surface area contributed by atoms with Crippen LogP contribution in [0.3, 0.4) is 0 Å². The first-order valence-corrected chi connectivity index (χ1v) is 12.4. The molecule has 184 valence electrons. The maximum atomic E-state index is 13.0. The molecule has 0 spiro atoms. The summed E-state index contributed by atoms with van der Waals surface area (Å²) in [5, 5.41) is 15.2. The average Bonchev–Trinajstić information content (AvgIpc) is 3.25. The van der Waals surface area contributed by atoms with Gasteiger partial charge in [-0.2, -0.15) is 0 Å². The topological polar surface area (TPSA) is 105 Å². The van der Waals surface area contributed by atoms with E-state index < -0.39 is 23.5 Å². The van der Waals surface area contributed by atoms with Crippen molar-refractivity contribution in [2.75, 3.05) is 6.61 Å². The number of aliphatic carboxylic acids is 1. The minimum absolute atomic E-state index is 0.00356. The SMILES string of the molecule is CC(C)C[C@H](NC(=O)[C@]12C[C@H](NC(=O)OCC3c4ccccc4-c4ccccc43)C[C@H]1C2)C(=O)O. The first-order valence-electron chi connectivity index (χ1n) is 12.4. The summed E-state index contributed by atoms with van der Waals surface area (Å²) in [4.78, 5) is 37.2. The number of carboxylic acids is 1. The van der Waals surface area contributed by atoms with Crippen molar-refractivity contribution < 1.29 is 24.2 Å². The summed E-state index contributed by atoms with van der Waals surface area (Å²) < 4.78 is 5.66. The molecule has 2 fully saturated rings. The van der Waals surface area contributed by atoms with Crippen LogP contribution in [0.4, 0.5) is 4.79 Å². The molecular weight excluding hydrogens is 444 g/mol. The van der Waals surface area contributed by atoms with Gasteiger partial charge in [-0.1, -0.05) is 62.4 Å². The van der Waals surface area contributed by atoms with E-state index in [2.05, 4.69) is 34.9 Å². The summed E-state index contributed by atoms with van der Waals surface area (Å²) in [7, 11) is 0. The fraction of sp³-hybridized carbons (Fsp3) is 0.464. The second kappa shape index (κ2) is 9.02. The molecule has 0 unspecified atom stereocenters. The number of benzene rings is 2. The highest BCUT2D eigenvalue weighted by molar-refractivity contribution is 5.90. The Balaban J connectivity index is 1.16. The Morgan fingerprint density at radius 2 is 1.66 bits per heavy atom. The molecule has 0 aliphatic heterocycles. The minimum Gasteiger partial charge on any atom is -0.480 e. The van der Waals surface area contributed by atoms with Crippen molar-refractivity contribution in [1.82, 2.24) is 10.6 Å². The number of amides is 2. The van der Waals surface area contributed by atoms with E-state index in [0.29, 0.717) is 19.3 Å². The third-order valence-corrected chi connectivity index (χ3v) is 7.84. The predicted octanol–water partition coefficient (Wildman–Crippen LogP) is 4.31. The lowest BCUT2D eigenvalue weighted by Gasteiger charge is -2.22. The van der Waals surface area contributed by atoms with Crippen LogP contribution in [0.2, 0.25) is 0 Å². The van der Waals surface area contributed by atoms with Gasteiger partial charge >= 0.3 is 12.1 Å². The number of alkyl carbamates (subject to hydrolysis) is 1. The highest BCUT2D eigenvalue weighted by Crippen LogP contribution is 2.63. The summed E-state index contributed by atoms with van der Waals surface area (Å²) in [5.74, 6) is -0.874. The minimum atomic E-state index is -1.01. The zero-order valence-electron chi connectivity index (χ0n) is 20.1. The number of ether oxygens (including phenoxy) is 1. The van der Waals surface area contributed by atoms with Crippen molar-refractivity contribution in [2.24, 2.45) is 17.3 Å². The van der Waals surface area contributed by atoms with Crippen molar-refractivity contribution in [2.45, 2.75) is 57.5 Å². The van der Waals surface area contributed by atoms with E-state index in [9.17, 15) is 19.5 Å². The van der Waals surface area contributed by atoms with E-state index in [4.69, 9.17) is 4.74 Å². The quantitative estimate of drug-likeness (QED) is 0.527. The molecule has 0 bridgehead atoms. The van der Waals surface area contributed by atoms with Gasteiger partial charge in [0, 0.05) is 12.0 Å². The number of hydrogen-bond donors (Lipinski definition) is 3. The molecule has 35 heavy (non-hydrogen) atoms. The molecule has 3 aliphatic carbocycles. The van der Waals surface area contributed by atoms with E-state index in [1.165, 1.54) is 11.1 Å². The van der Waals surface area contributed by atoms with Crippen LogP contribution >= 0.6 is 0 Å². The Bertz CT molecular complexity index is 1120. The fourth-order valence-electron chi connectivity index (χ4n) is 6.09. The van der Waals surface area contributed by atoms with Crippen LogP contribution in [0.15, 0.2) is 48.5 Å². The van der Waals surface area contributed by atoms with Gasteiger partial charge in [0.15, 0.2) is 0 Å². The molecule has 7 heteroatoms.